The third kappa shape index (κ3) is 6.31. The van der Waals surface area contributed by atoms with Gasteiger partial charge in [-0.3, -0.25) is 9.59 Å². The van der Waals surface area contributed by atoms with Gasteiger partial charge in [-0.15, -0.1) is 21.5 Å². The number of aromatic nitrogens is 3. The van der Waals surface area contributed by atoms with Gasteiger partial charge < -0.3 is 19.4 Å². The van der Waals surface area contributed by atoms with Crippen LogP contribution in [0.5, 0.6) is 11.5 Å². The van der Waals surface area contributed by atoms with Gasteiger partial charge in [-0.05, 0) is 35.2 Å². The Labute approximate surface area is 253 Å². The minimum atomic E-state index is -0.380. The highest BCUT2D eigenvalue weighted by molar-refractivity contribution is 9.10. The molecule has 0 spiro atoms. The van der Waals surface area contributed by atoms with E-state index in [9.17, 15) is 9.59 Å². The molecule has 1 atom stereocenters. The molecule has 0 unspecified atom stereocenters. The molecule has 10 nitrogen and oxygen atoms in total. The maximum atomic E-state index is 13.7. The lowest BCUT2D eigenvalue weighted by Crippen LogP contribution is -2.29. The van der Waals surface area contributed by atoms with Gasteiger partial charge in [-0.25, -0.2) is 5.01 Å². The van der Waals surface area contributed by atoms with Gasteiger partial charge in [0.2, 0.25) is 0 Å². The Morgan fingerprint density at radius 2 is 1.90 bits per heavy atom. The Morgan fingerprint density at radius 3 is 2.61 bits per heavy atom. The molecule has 1 N–H and O–H groups in total. The second-order valence-electron chi connectivity index (χ2n) is 9.00. The molecule has 0 bridgehead atoms. The number of carbonyl (C=O) groups is 2. The fourth-order valence-corrected chi connectivity index (χ4v) is 6.13. The maximum Gasteiger partial charge on any atom is 0.261 e. The quantitative estimate of drug-likeness (QED) is 0.238. The highest BCUT2D eigenvalue weighted by atomic mass is 79.9. The van der Waals surface area contributed by atoms with Crippen molar-refractivity contribution < 1.29 is 19.1 Å². The van der Waals surface area contributed by atoms with Crippen molar-refractivity contribution >= 4 is 56.6 Å². The van der Waals surface area contributed by atoms with Gasteiger partial charge in [0.1, 0.15) is 0 Å². The topological polar surface area (TPSA) is 111 Å². The van der Waals surface area contributed by atoms with Crippen LogP contribution in [0.3, 0.4) is 0 Å². The number of nitrogens with zero attached hydrogens (tertiary/aromatic N) is 5. The summed E-state index contributed by atoms with van der Waals surface area (Å²) in [6.45, 7) is 0.222. The van der Waals surface area contributed by atoms with Gasteiger partial charge in [0.15, 0.2) is 22.5 Å². The van der Waals surface area contributed by atoms with Crippen LogP contribution in [0.4, 0.5) is 0 Å². The number of benzene rings is 2. The van der Waals surface area contributed by atoms with Crippen LogP contribution >= 0.6 is 39.0 Å². The van der Waals surface area contributed by atoms with E-state index >= 15 is 0 Å². The zero-order valence-corrected chi connectivity index (χ0v) is 25.8. The summed E-state index contributed by atoms with van der Waals surface area (Å²) >= 11 is 6.11. The Bertz CT molecular complexity index is 1570. The molecule has 5 rings (SSSR count). The van der Waals surface area contributed by atoms with Crippen molar-refractivity contribution in [1.82, 2.24) is 25.1 Å². The number of hydrogen-bond donors (Lipinski definition) is 1. The normalized spacial score (nSPS) is 14.6. The van der Waals surface area contributed by atoms with Gasteiger partial charge in [0.25, 0.3) is 11.8 Å². The van der Waals surface area contributed by atoms with E-state index < -0.39 is 0 Å². The number of para-hydroxylation sites is 1. The van der Waals surface area contributed by atoms with Crippen LogP contribution in [0, 0.1) is 0 Å². The average molecular weight is 656 g/mol. The molecule has 2 aromatic heterocycles. The van der Waals surface area contributed by atoms with Crippen molar-refractivity contribution in [3.05, 3.63) is 86.3 Å². The number of ether oxygens (including phenoxy) is 2. The van der Waals surface area contributed by atoms with Crippen LogP contribution in [0.2, 0.25) is 0 Å². The summed E-state index contributed by atoms with van der Waals surface area (Å²) in [7, 11) is 4.98. The van der Waals surface area contributed by atoms with Gasteiger partial charge in [-0.1, -0.05) is 58.0 Å². The van der Waals surface area contributed by atoms with Crippen LogP contribution < -0.4 is 14.8 Å². The van der Waals surface area contributed by atoms with Crippen LogP contribution in [0.1, 0.15) is 39.1 Å². The first kappa shape index (κ1) is 28.8. The molecule has 0 aliphatic carbocycles. The predicted octanol–water partition coefficient (Wildman–Crippen LogP) is 5.06. The van der Waals surface area contributed by atoms with E-state index in [0.717, 1.165) is 21.3 Å². The second-order valence-corrected chi connectivity index (χ2v) is 11.8. The number of thioether (sulfide) groups is 1. The monoisotopic (exact) mass is 654 g/mol. The van der Waals surface area contributed by atoms with Crippen LogP contribution in [0.25, 0.3) is 0 Å². The highest BCUT2D eigenvalue weighted by Crippen LogP contribution is 2.42. The van der Waals surface area contributed by atoms with Crippen LogP contribution in [0.15, 0.2) is 74.7 Å². The molecule has 212 valence electrons. The maximum absolute atomic E-state index is 13.7. The van der Waals surface area contributed by atoms with Crippen molar-refractivity contribution in [2.75, 3.05) is 20.0 Å². The fraction of sp³-hybridized carbons (Fsp3) is 0.250. The number of halogens is 1. The fourth-order valence-electron chi connectivity index (χ4n) is 4.45. The molecular weight excluding hydrogens is 628 g/mol. The number of nitrogens with one attached hydrogen (secondary N) is 1. The van der Waals surface area contributed by atoms with Crippen molar-refractivity contribution in [3.63, 3.8) is 0 Å². The Balaban J connectivity index is 1.33. The van der Waals surface area contributed by atoms with Crippen molar-refractivity contribution in [3.8, 4) is 11.5 Å². The molecule has 2 amide bonds. The summed E-state index contributed by atoms with van der Waals surface area (Å²) < 4.78 is 13.9. The lowest BCUT2D eigenvalue weighted by molar-refractivity contribution is -0.130. The molecule has 2 aromatic carbocycles. The Hall–Kier alpha value is -3.68. The molecule has 0 radical (unpaired) electrons. The summed E-state index contributed by atoms with van der Waals surface area (Å²) in [6, 6.07) is 16.7. The predicted molar refractivity (Wildman–Crippen MR) is 162 cm³/mol. The summed E-state index contributed by atoms with van der Waals surface area (Å²) in [6.07, 6.45) is 0.514. The molecule has 1 aliphatic rings. The molecule has 41 heavy (non-hydrogen) atoms. The minimum Gasteiger partial charge on any atom is -0.493 e. The van der Waals surface area contributed by atoms with E-state index in [0.29, 0.717) is 33.8 Å². The highest BCUT2D eigenvalue weighted by Gasteiger charge is 2.35. The van der Waals surface area contributed by atoms with E-state index in [1.807, 2.05) is 61.0 Å². The van der Waals surface area contributed by atoms with Crippen LogP contribution in [-0.4, -0.2) is 57.3 Å². The molecule has 0 saturated heterocycles. The van der Waals surface area contributed by atoms with E-state index in [2.05, 4.69) is 31.4 Å². The molecule has 1 aliphatic heterocycles. The number of hydrazone groups is 1. The van der Waals surface area contributed by atoms with E-state index in [1.165, 1.54) is 28.1 Å². The standard InChI is InChI=1S/C28H27BrN6O4S2/c1-34-24(15-30-27(37)23-8-5-13-40-23)31-32-28(34)41-16-25(36)35-21(19-6-4-7-22(38-2)26(19)39-3)14-20(33-35)17-9-11-18(29)12-10-17/h4-13,21H,14-16H2,1-3H3,(H,30,37)/t21-/m0/s1. The molecular formula is C28H27BrN6O4S2. The van der Waals surface area contributed by atoms with Gasteiger partial charge in [0, 0.05) is 23.5 Å². The van der Waals surface area contributed by atoms with Gasteiger partial charge >= 0.3 is 0 Å². The van der Waals surface area contributed by atoms with Gasteiger partial charge in [0.05, 0.1) is 43.1 Å². The third-order valence-corrected chi connectivity index (χ3v) is 8.94. The zero-order valence-electron chi connectivity index (χ0n) is 22.5. The largest absolute Gasteiger partial charge is 0.493 e. The second kappa shape index (κ2) is 12.9. The molecule has 3 heterocycles. The van der Waals surface area contributed by atoms with E-state index in [1.54, 1.807) is 24.9 Å². The summed E-state index contributed by atoms with van der Waals surface area (Å²) in [5.74, 6) is 1.47. The third-order valence-electron chi connectivity index (χ3n) is 6.54. The Kier molecular flexibility index (Phi) is 9.06. The van der Waals surface area contributed by atoms with E-state index in [-0.39, 0.29) is 30.2 Å². The number of carbonyl (C=O) groups excluding carboxylic acids is 2. The average Bonchev–Trinajstić information content (AvgIpc) is 3.75. The smallest absolute Gasteiger partial charge is 0.261 e. The molecule has 13 heteroatoms. The molecule has 0 fully saturated rings. The summed E-state index contributed by atoms with van der Waals surface area (Å²) in [4.78, 5) is 26.6. The molecule has 4 aromatic rings. The Morgan fingerprint density at radius 1 is 1.10 bits per heavy atom. The number of hydrogen-bond acceptors (Lipinski definition) is 9. The number of amides is 2. The summed E-state index contributed by atoms with van der Waals surface area (Å²) in [5.41, 5.74) is 2.54. The number of thiophene rings is 1. The number of rotatable bonds is 10. The van der Waals surface area contributed by atoms with Crippen molar-refractivity contribution in [2.24, 2.45) is 12.1 Å². The van der Waals surface area contributed by atoms with E-state index in [4.69, 9.17) is 14.6 Å². The number of methoxy groups -OCH3 is 2. The van der Waals surface area contributed by atoms with Crippen molar-refractivity contribution in [2.45, 2.75) is 24.2 Å². The molecule has 0 saturated carbocycles. The summed E-state index contributed by atoms with van der Waals surface area (Å²) in [5, 5.41) is 20.0. The first-order chi connectivity index (χ1) is 19.9. The lowest BCUT2D eigenvalue weighted by atomic mass is 9.97. The van der Waals surface area contributed by atoms with Crippen molar-refractivity contribution in [1.29, 1.82) is 0 Å². The SMILES string of the molecule is COc1cccc([C@@H]2CC(c3ccc(Br)cc3)=NN2C(=O)CSc2nnc(CNC(=O)c3cccs3)n2C)c1OC. The minimum absolute atomic E-state index is 0.0907. The first-order valence-corrected chi connectivity index (χ1v) is 15.2. The first-order valence-electron chi connectivity index (χ1n) is 12.6. The van der Waals surface area contributed by atoms with Gasteiger partial charge in [-0.2, -0.15) is 5.10 Å². The lowest BCUT2D eigenvalue weighted by Gasteiger charge is -2.24. The van der Waals surface area contributed by atoms with Crippen LogP contribution in [-0.2, 0) is 18.4 Å². The zero-order chi connectivity index (χ0) is 28.9.